The number of hydrogen-bond acceptors (Lipinski definition) is 6. The van der Waals surface area contributed by atoms with Gasteiger partial charge in [0.1, 0.15) is 17.4 Å². The van der Waals surface area contributed by atoms with Crippen LogP contribution in [0.5, 0.6) is 0 Å². The molecule has 1 aromatic carbocycles. The third-order valence-corrected chi connectivity index (χ3v) is 6.02. The van der Waals surface area contributed by atoms with E-state index in [0.717, 1.165) is 0 Å². The molecule has 1 aliphatic heterocycles. The summed E-state index contributed by atoms with van der Waals surface area (Å²) in [6.07, 6.45) is 3.69. The van der Waals surface area contributed by atoms with E-state index in [9.17, 15) is 13.6 Å². The molecule has 1 atom stereocenters. The molecule has 1 fully saturated rings. The smallest absolute Gasteiger partial charge is 0.284 e. The lowest BCUT2D eigenvalue weighted by atomic mass is 10.1. The Hall–Kier alpha value is -3.86. The Labute approximate surface area is 189 Å². The molecule has 0 saturated carbocycles. The second-order valence-corrected chi connectivity index (χ2v) is 8.20. The molecule has 12 heteroatoms. The van der Waals surface area contributed by atoms with E-state index >= 15 is 0 Å². The summed E-state index contributed by atoms with van der Waals surface area (Å²) >= 11 is 6.24. The number of fused-ring (bicyclic) bond motifs is 2. The minimum absolute atomic E-state index is 0.148. The fourth-order valence-corrected chi connectivity index (χ4v) is 4.55. The number of nitrogens with zero attached hydrogens (tertiary/aromatic N) is 7. The zero-order chi connectivity index (χ0) is 22.7. The Kier molecular flexibility index (Phi) is 4.24. The van der Waals surface area contributed by atoms with Gasteiger partial charge in [0, 0.05) is 12.6 Å². The minimum Gasteiger partial charge on any atom is -0.340 e. The van der Waals surface area contributed by atoms with E-state index in [2.05, 4.69) is 25.0 Å². The molecular formula is C21H15ClF2N8O. The van der Waals surface area contributed by atoms with E-state index in [-0.39, 0.29) is 22.2 Å². The highest BCUT2D eigenvalue weighted by Gasteiger charge is 2.49. The molecule has 166 valence electrons. The molecule has 1 unspecified atom stereocenters. The first-order chi connectivity index (χ1) is 15.9. The van der Waals surface area contributed by atoms with Crippen molar-refractivity contribution in [1.82, 2.24) is 34.1 Å². The maximum absolute atomic E-state index is 14.8. The lowest BCUT2D eigenvalue weighted by Crippen LogP contribution is -2.33. The van der Waals surface area contributed by atoms with E-state index in [4.69, 9.17) is 11.6 Å². The number of H-pyrrole nitrogens is 1. The van der Waals surface area contributed by atoms with E-state index in [1.807, 2.05) is 0 Å². The molecule has 33 heavy (non-hydrogen) atoms. The summed E-state index contributed by atoms with van der Waals surface area (Å²) < 4.78 is 32.4. The number of rotatable bonds is 3. The van der Waals surface area contributed by atoms with E-state index in [1.165, 1.54) is 32.8 Å². The van der Waals surface area contributed by atoms with Crippen LogP contribution in [0, 0.1) is 0 Å². The third kappa shape index (κ3) is 3.07. The number of hydrogen-bond donors (Lipinski definition) is 1. The van der Waals surface area contributed by atoms with Crippen molar-refractivity contribution in [3.63, 3.8) is 0 Å². The Balaban J connectivity index is 1.63. The predicted octanol–water partition coefficient (Wildman–Crippen LogP) is 3.39. The van der Waals surface area contributed by atoms with Crippen LogP contribution in [0.2, 0.25) is 5.02 Å². The predicted molar refractivity (Wildman–Crippen MR) is 117 cm³/mol. The van der Waals surface area contributed by atoms with Crippen LogP contribution in [0.4, 0.5) is 14.6 Å². The quantitative estimate of drug-likeness (QED) is 0.436. The van der Waals surface area contributed by atoms with Gasteiger partial charge in [0.05, 0.1) is 29.6 Å². The number of halogens is 3. The van der Waals surface area contributed by atoms with Gasteiger partial charge in [-0.05, 0) is 18.2 Å². The van der Waals surface area contributed by atoms with Crippen molar-refractivity contribution in [2.24, 2.45) is 0 Å². The number of para-hydroxylation sites is 1. The topological polar surface area (TPSA) is 97.0 Å². The molecule has 0 amide bonds. The number of aromatic amines is 1. The van der Waals surface area contributed by atoms with Crippen molar-refractivity contribution in [1.29, 1.82) is 0 Å². The largest absolute Gasteiger partial charge is 0.340 e. The van der Waals surface area contributed by atoms with Crippen LogP contribution in [0.15, 0.2) is 60.0 Å². The fourth-order valence-electron chi connectivity index (χ4n) is 4.33. The van der Waals surface area contributed by atoms with Crippen molar-refractivity contribution in [2.45, 2.75) is 18.4 Å². The maximum Gasteiger partial charge on any atom is 0.284 e. The van der Waals surface area contributed by atoms with Crippen molar-refractivity contribution in [2.75, 3.05) is 11.4 Å². The fraction of sp³-hybridized carbons (Fsp3) is 0.190. The molecule has 1 N–H and O–H groups in total. The highest BCUT2D eigenvalue weighted by atomic mass is 35.5. The van der Waals surface area contributed by atoms with Gasteiger partial charge in [0.15, 0.2) is 17.3 Å². The summed E-state index contributed by atoms with van der Waals surface area (Å²) in [6, 6.07) is 9.34. The van der Waals surface area contributed by atoms with Crippen LogP contribution >= 0.6 is 11.6 Å². The molecule has 0 bridgehead atoms. The van der Waals surface area contributed by atoms with E-state index < -0.39 is 30.5 Å². The van der Waals surface area contributed by atoms with Gasteiger partial charge in [0.2, 0.25) is 0 Å². The number of nitrogens with one attached hydrogen (secondary N) is 1. The monoisotopic (exact) mass is 468 g/mol. The van der Waals surface area contributed by atoms with Gasteiger partial charge in [-0.15, -0.1) is 0 Å². The molecule has 5 heterocycles. The Bertz CT molecular complexity index is 1560. The first-order valence-corrected chi connectivity index (χ1v) is 10.4. The van der Waals surface area contributed by atoms with Crippen molar-refractivity contribution in [3.8, 4) is 5.69 Å². The zero-order valence-corrected chi connectivity index (χ0v) is 17.6. The molecule has 1 aliphatic rings. The molecule has 9 nitrogen and oxygen atoms in total. The summed E-state index contributed by atoms with van der Waals surface area (Å²) in [4.78, 5) is 30.3. The van der Waals surface area contributed by atoms with Gasteiger partial charge >= 0.3 is 0 Å². The van der Waals surface area contributed by atoms with Crippen molar-refractivity contribution >= 4 is 34.1 Å². The first-order valence-electron chi connectivity index (χ1n) is 10.1. The molecule has 0 aliphatic carbocycles. The molecule has 0 radical (unpaired) electrons. The SMILES string of the molecule is O=c1c2c(Cl)ccn2nc(C2CC(F)(F)CN2c2ncnc3nc[nH]c23)n1-c1ccccc1. The number of alkyl halides is 2. The molecular weight excluding hydrogens is 454 g/mol. The summed E-state index contributed by atoms with van der Waals surface area (Å²) in [5.74, 6) is -2.63. The number of imidazole rings is 1. The van der Waals surface area contributed by atoms with Crippen LogP contribution in [-0.2, 0) is 0 Å². The zero-order valence-electron chi connectivity index (χ0n) is 16.9. The average Bonchev–Trinajstić information content (AvgIpc) is 3.51. The van der Waals surface area contributed by atoms with Gasteiger partial charge in [0.25, 0.3) is 11.5 Å². The van der Waals surface area contributed by atoms with Crippen molar-refractivity contribution < 1.29 is 8.78 Å². The van der Waals surface area contributed by atoms with Gasteiger partial charge < -0.3 is 9.88 Å². The number of benzene rings is 1. The van der Waals surface area contributed by atoms with Gasteiger partial charge in [-0.3, -0.25) is 9.36 Å². The molecule has 4 aromatic heterocycles. The number of anilines is 1. The van der Waals surface area contributed by atoms with Gasteiger partial charge in [-0.2, -0.15) is 5.10 Å². The van der Waals surface area contributed by atoms with Crippen LogP contribution in [-0.4, -0.2) is 46.6 Å². The highest BCUT2D eigenvalue weighted by molar-refractivity contribution is 6.33. The Morgan fingerprint density at radius 2 is 1.94 bits per heavy atom. The highest BCUT2D eigenvalue weighted by Crippen LogP contribution is 2.43. The average molecular weight is 469 g/mol. The normalized spacial score (nSPS) is 17.9. The third-order valence-electron chi connectivity index (χ3n) is 5.72. The standard InChI is InChI=1S/C21H15ClF2N8O/c22-13-6-7-31-16(13)20(33)32(12-4-2-1-3-5-12)18(29-31)14-8-21(23,24)9-30(14)19-15-17(26-10-25-15)27-11-28-19/h1-7,10-11,14H,8-9H2,(H,25,26,27,28). The van der Waals surface area contributed by atoms with E-state index in [1.54, 1.807) is 36.4 Å². The van der Waals surface area contributed by atoms with Crippen LogP contribution < -0.4 is 10.5 Å². The lowest BCUT2D eigenvalue weighted by molar-refractivity contribution is 0.0218. The molecule has 1 saturated heterocycles. The molecule has 6 rings (SSSR count). The lowest BCUT2D eigenvalue weighted by Gasteiger charge is -2.26. The second kappa shape index (κ2) is 7.07. The van der Waals surface area contributed by atoms with Gasteiger partial charge in [-0.25, -0.2) is 28.2 Å². The van der Waals surface area contributed by atoms with Crippen LogP contribution in [0.25, 0.3) is 22.4 Å². The molecule has 0 spiro atoms. The second-order valence-electron chi connectivity index (χ2n) is 7.79. The van der Waals surface area contributed by atoms with E-state index in [0.29, 0.717) is 16.9 Å². The maximum atomic E-state index is 14.8. The minimum atomic E-state index is -3.04. The van der Waals surface area contributed by atoms with Crippen LogP contribution in [0.3, 0.4) is 0 Å². The van der Waals surface area contributed by atoms with Gasteiger partial charge in [-0.1, -0.05) is 29.8 Å². The Morgan fingerprint density at radius 1 is 1.12 bits per heavy atom. The summed E-state index contributed by atoms with van der Waals surface area (Å²) in [5.41, 5.74) is 0.993. The summed E-state index contributed by atoms with van der Waals surface area (Å²) in [6.45, 7) is -0.599. The van der Waals surface area contributed by atoms with Crippen molar-refractivity contribution in [3.05, 3.63) is 76.5 Å². The summed E-state index contributed by atoms with van der Waals surface area (Å²) in [7, 11) is 0. The Morgan fingerprint density at radius 3 is 2.76 bits per heavy atom. The number of aromatic nitrogens is 7. The van der Waals surface area contributed by atoms with Crippen LogP contribution in [0.1, 0.15) is 18.3 Å². The summed E-state index contributed by atoms with van der Waals surface area (Å²) in [5, 5.41) is 4.80. The molecule has 5 aromatic rings. The first kappa shape index (κ1) is 19.8.